The number of carbonyl (C=O) groups excluding carboxylic acids is 1. The number of alkyl halides is 3. The van der Waals surface area contributed by atoms with Crippen LogP contribution in [0.3, 0.4) is 0 Å². The van der Waals surface area contributed by atoms with E-state index in [0.29, 0.717) is 13.1 Å². The molecule has 0 spiro atoms. The number of hydrogen-bond donors (Lipinski definition) is 0. The van der Waals surface area contributed by atoms with Gasteiger partial charge >= 0.3 is 6.18 Å². The smallest absolute Gasteiger partial charge is 0.397 e. The lowest BCUT2D eigenvalue weighted by molar-refractivity contribution is -0.163. The van der Waals surface area contributed by atoms with Gasteiger partial charge in [0.1, 0.15) is 6.42 Å². The van der Waals surface area contributed by atoms with Gasteiger partial charge in [-0.2, -0.15) is 13.2 Å². The van der Waals surface area contributed by atoms with Gasteiger partial charge in [0.15, 0.2) is 11.5 Å². The Labute approximate surface area is 168 Å². The number of amides is 1. The molecular formula is C20H26F3N3O3. The number of rotatable bonds is 4. The number of ether oxygens (including phenoxy) is 2. The number of carbonyl (C=O) groups is 1. The van der Waals surface area contributed by atoms with E-state index in [9.17, 15) is 18.0 Å². The highest BCUT2D eigenvalue weighted by molar-refractivity contribution is 5.77. The lowest BCUT2D eigenvalue weighted by Crippen LogP contribution is -2.55. The third-order valence-electron chi connectivity index (χ3n) is 5.87. The molecule has 160 valence electrons. The summed E-state index contributed by atoms with van der Waals surface area (Å²) in [5, 5.41) is 0. The zero-order chi connectivity index (χ0) is 20.4. The largest absolute Gasteiger partial charge is 0.454 e. The molecule has 1 amide bonds. The highest BCUT2D eigenvalue weighted by atomic mass is 19.4. The number of piperidine rings is 1. The summed E-state index contributed by atoms with van der Waals surface area (Å²) in [6.07, 6.45) is -4.11. The fourth-order valence-corrected chi connectivity index (χ4v) is 4.35. The zero-order valence-electron chi connectivity index (χ0n) is 16.3. The summed E-state index contributed by atoms with van der Waals surface area (Å²) in [6, 6.07) is 6.14. The van der Waals surface area contributed by atoms with Crippen LogP contribution in [0.25, 0.3) is 0 Å². The number of hydrogen-bond acceptors (Lipinski definition) is 5. The Hall–Kier alpha value is -2.00. The molecule has 0 unspecified atom stereocenters. The van der Waals surface area contributed by atoms with Crippen LogP contribution in [-0.2, 0) is 11.3 Å². The van der Waals surface area contributed by atoms with Crippen LogP contribution in [0.1, 0.15) is 24.8 Å². The van der Waals surface area contributed by atoms with E-state index in [4.69, 9.17) is 9.47 Å². The fraction of sp³-hybridized carbons (Fsp3) is 0.650. The summed E-state index contributed by atoms with van der Waals surface area (Å²) >= 11 is 0. The van der Waals surface area contributed by atoms with Crippen molar-refractivity contribution in [1.82, 2.24) is 14.7 Å². The van der Waals surface area contributed by atoms with Crippen LogP contribution >= 0.6 is 0 Å². The summed E-state index contributed by atoms with van der Waals surface area (Å²) in [5.74, 6) is 0.760. The summed E-state index contributed by atoms with van der Waals surface area (Å²) < 4.78 is 48.4. The Balaban J connectivity index is 1.26. The van der Waals surface area contributed by atoms with E-state index in [0.717, 1.165) is 57.1 Å². The number of halogens is 3. The van der Waals surface area contributed by atoms with Crippen molar-refractivity contribution in [2.75, 3.05) is 46.1 Å². The number of likely N-dealkylation sites (tertiary alicyclic amines) is 1. The molecule has 1 atom stereocenters. The first-order valence-corrected chi connectivity index (χ1v) is 10.1. The Morgan fingerprint density at radius 3 is 2.59 bits per heavy atom. The minimum Gasteiger partial charge on any atom is -0.454 e. The van der Waals surface area contributed by atoms with Crippen molar-refractivity contribution in [1.29, 1.82) is 0 Å². The predicted molar refractivity (Wildman–Crippen MR) is 99.7 cm³/mol. The van der Waals surface area contributed by atoms with Gasteiger partial charge in [-0.25, -0.2) is 0 Å². The van der Waals surface area contributed by atoms with Gasteiger partial charge < -0.3 is 14.4 Å². The molecule has 2 saturated heterocycles. The first-order valence-electron chi connectivity index (χ1n) is 10.1. The van der Waals surface area contributed by atoms with Crippen LogP contribution in [-0.4, -0.2) is 78.9 Å². The molecule has 0 saturated carbocycles. The lowest BCUT2D eigenvalue weighted by atomic mass is 10.0. The average Bonchev–Trinajstić information content (AvgIpc) is 3.15. The monoisotopic (exact) mass is 413 g/mol. The average molecular weight is 413 g/mol. The third kappa shape index (κ3) is 5.14. The molecule has 1 aromatic carbocycles. The predicted octanol–water partition coefficient (Wildman–Crippen LogP) is 2.48. The van der Waals surface area contributed by atoms with E-state index in [1.54, 1.807) is 0 Å². The van der Waals surface area contributed by atoms with Gasteiger partial charge in [0, 0.05) is 51.9 Å². The molecule has 3 aliphatic heterocycles. The van der Waals surface area contributed by atoms with Crippen molar-refractivity contribution >= 4 is 5.91 Å². The molecule has 0 radical (unpaired) electrons. The minimum atomic E-state index is -4.44. The van der Waals surface area contributed by atoms with E-state index < -0.39 is 18.5 Å². The first-order chi connectivity index (χ1) is 13.9. The molecule has 1 aromatic rings. The maximum atomic E-state index is 12.5. The SMILES string of the molecule is O=C(CC(F)(F)F)N1CCC[C@@H](N2CCN(Cc3ccc4c(c3)OCO4)CC2)C1. The summed E-state index contributed by atoms with van der Waals surface area (Å²) in [4.78, 5) is 18.0. The van der Waals surface area contributed by atoms with Gasteiger partial charge in [0.2, 0.25) is 12.7 Å². The van der Waals surface area contributed by atoms with Gasteiger partial charge in [0.25, 0.3) is 0 Å². The van der Waals surface area contributed by atoms with Crippen molar-refractivity contribution in [3.8, 4) is 11.5 Å². The van der Waals surface area contributed by atoms with Gasteiger partial charge in [0.05, 0.1) is 0 Å². The van der Waals surface area contributed by atoms with Gasteiger partial charge in [-0.05, 0) is 30.5 Å². The molecule has 0 bridgehead atoms. The molecule has 29 heavy (non-hydrogen) atoms. The summed E-state index contributed by atoms with van der Waals surface area (Å²) in [7, 11) is 0. The number of fused-ring (bicyclic) bond motifs is 1. The van der Waals surface area contributed by atoms with Crippen LogP contribution in [0.5, 0.6) is 11.5 Å². The summed E-state index contributed by atoms with van der Waals surface area (Å²) in [5.41, 5.74) is 1.17. The second-order valence-electron chi connectivity index (χ2n) is 7.93. The Morgan fingerprint density at radius 1 is 1.07 bits per heavy atom. The van der Waals surface area contributed by atoms with Crippen LogP contribution in [0.15, 0.2) is 18.2 Å². The Bertz CT molecular complexity index is 735. The maximum absolute atomic E-state index is 12.5. The van der Waals surface area contributed by atoms with Crippen LogP contribution in [0.2, 0.25) is 0 Å². The van der Waals surface area contributed by atoms with E-state index in [2.05, 4.69) is 9.80 Å². The molecule has 0 N–H and O–H groups in total. The molecular weight excluding hydrogens is 387 g/mol. The van der Waals surface area contributed by atoms with E-state index in [-0.39, 0.29) is 12.8 Å². The third-order valence-corrected chi connectivity index (χ3v) is 5.87. The number of piperazine rings is 1. The Morgan fingerprint density at radius 2 is 1.83 bits per heavy atom. The molecule has 3 heterocycles. The maximum Gasteiger partial charge on any atom is 0.397 e. The van der Waals surface area contributed by atoms with E-state index in [1.807, 2.05) is 18.2 Å². The summed E-state index contributed by atoms with van der Waals surface area (Å²) in [6.45, 7) is 5.41. The fourth-order valence-electron chi connectivity index (χ4n) is 4.35. The number of benzene rings is 1. The van der Waals surface area contributed by atoms with Gasteiger partial charge in [-0.15, -0.1) is 0 Å². The van der Waals surface area contributed by atoms with Gasteiger partial charge in [-0.1, -0.05) is 6.07 Å². The van der Waals surface area contributed by atoms with E-state index >= 15 is 0 Å². The standard InChI is InChI=1S/C20H26F3N3O3/c21-20(22,23)11-19(27)26-5-1-2-16(13-26)25-8-6-24(7-9-25)12-15-3-4-17-18(10-15)29-14-28-17/h3-4,10,16H,1-2,5-9,11-14H2/t16-/m1/s1. The second kappa shape index (κ2) is 8.39. The normalized spacial score (nSPS) is 23.4. The topological polar surface area (TPSA) is 45.3 Å². The van der Waals surface area contributed by atoms with Crippen molar-refractivity contribution in [2.45, 2.75) is 38.0 Å². The Kier molecular flexibility index (Phi) is 5.87. The highest BCUT2D eigenvalue weighted by Gasteiger charge is 2.36. The van der Waals surface area contributed by atoms with Crippen molar-refractivity contribution in [3.63, 3.8) is 0 Å². The molecule has 0 aliphatic carbocycles. The molecule has 3 aliphatic rings. The van der Waals surface area contributed by atoms with Crippen LogP contribution in [0, 0.1) is 0 Å². The minimum absolute atomic E-state index is 0.147. The zero-order valence-corrected chi connectivity index (χ0v) is 16.3. The van der Waals surface area contributed by atoms with Gasteiger partial charge in [-0.3, -0.25) is 14.6 Å². The van der Waals surface area contributed by atoms with E-state index in [1.165, 1.54) is 10.5 Å². The lowest BCUT2D eigenvalue weighted by Gasteiger charge is -2.43. The van der Waals surface area contributed by atoms with Crippen molar-refractivity contribution < 1.29 is 27.4 Å². The molecule has 6 nitrogen and oxygen atoms in total. The molecule has 2 fully saturated rings. The molecule has 4 rings (SSSR count). The highest BCUT2D eigenvalue weighted by Crippen LogP contribution is 2.33. The van der Waals surface area contributed by atoms with Crippen LogP contribution in [0.4, 0.5) is 13.2 Å². The number of nitrogens with zero attached hydrogens (tertiary/aromatic N) is 3. The van der Waals surface area contributed by atoms with Crippen molar-refractivity contribution in [3.05, 3.63) is 23.8 Å². The van der Waals surface area contributed by atoms with Crippen LogP contribution < -0.4 is 9.47 Å². The molecule has 9 heteroatoms. The first kappa shape index (κ1) is 20.3. The molecule has 0 aromatic heterocycles. The quantitative estimate of drug-likeness (QED) is 0.759. The van der Waals surface area contributed by atoms with Crippen molar-refractivity contribution in [2.24, 2.45) is 0 Å². The second-order valence-corrected chi connectivity index (χ2v) is 7.93.